The molecule has 0 radical (unpaired) electrons. The first-order valence-electron chi connectivity index (χ1n) is 10.2. The number of hydrogen-bond acceptors (Lipinski definition) is 6. The number of carbonyl (C=O) groups is 1. The smallest absolute Gasteiger partial charge is 0.339 e. The van der Waals surface area contributed by atoms with Crippen LogP contribution in [0.25, 0.3) is 11.0 Å². The van der Waals surface area contributed by atoms with Gasteiger partial charge in [-0.3, -0.25) is 9.52 Å². The Morgan fingerprint density at radius 2 is 1.78 bits per heavy atom. The molecule has 2 N–H and O–H groups in total. The molecule has 0 bridgehead atoms. The zero-order chi connectivity index (χ0) is 23.3. The Balaban J connectivity index is 1.65. The van der Waals surface area contributed by atoms with Gasteiger partial charge in [-0.25, -0.2) is 13.2 Å². The summed E-state index contributed by atoms with van der Waals surface area (Å²) in [6.45, 7) is 3.62. The summed E-state index contributed by atoms with van der Waals surface area (Å²) in [7, 11) is -1.83. The van der Waals surface area contributed by atoms with Crippen molar-refractivity contribution in [1.82, 2.24) is 0 Å². The molecule has 3 aromatic rings. The van der Waals surface area contributed by atoms with Gasteiger partial charge in [0.1, 0.15) is 11.3 Å². The highest BCUT2D eigenvalue weighted by atomic mass is 32.2. The number of ether oxygens (including phenoxy) is 1. The van der Waals surface area contributed by atoms with Gasteiger partial charge in [0.15, 0.2) is 0 Å². The monoisotopic (exact) mass is 458 g/mol. The molecule has 9 heteroatoms. The number of carbonyl (C=O) groups excluding carboxylic acids is 1. The summed E-state index contributed by atoms with van der Waals surface area (Å²) in [5.41, 5.74) is 2.16. The van der Waals surface area contributed by atoms with Gasteiger partial charge >= 0.3 is 5.63 Å². The van der Waals surface area contributed by atoms with Gasteiger partial charge in [0.05, 0.1) is 12.9 Å². The van der Waals surface area contributed by atoms with E-state index in [-0.39, 0.29) is 24.5 Å². The molecule has 0 aliphatic carbocycles. The van der Waals surface area contributed by atoms with Crippen molar-refractivity contribution in [2.24, 2.45) is 0 Å². The first-order valence-corrected chi connectivity index (χ1v) is 11.9. The molecular weight excluding hydrogens is 432 g/mol. The second kappa shape index (κ2) is 9.86. The first kappa shape index (κ1) is 23.3. The van der Waals surface area contributed by atoms with Crippen molar-refractivity contribution in [2.45, 2.75) is 33.1 Å². The zero-order valence-corrected chi connectivity index (χ0v) is 19.0. The molecule has 0 aliphatic heterocycles. The molecule has 2 aromatic carbocycles. The third-order valence-electron chi connectivity index (χ3n) is 5.01. The van der Waals surface area contributed by atoms with E-state index in [9.17, 15) is 18.0 Å². The van der Waals surface area contributed by atoms with E-state index in [1.807, 2.05) is 13.0 Å². The van der Waals surface area contributed by atoms with Gasteiger partial charge in [0.25, 0.3) is 0 Å². The van der Waals surface area contributed by atoms with Crippen molar-refractivity contribution in [2.75, 3.05) is 22.9 Å². The average Bonchev–Trinajstić information content (AvgIpc) is 2.74. The van der Waals surface area contributed by atoms with Crippen LogP contribution in [0.15, 0.2) is 51.7 Å². The third-order valence-corrected chi connectivity index (χ3v) is 6.50. The Hall–Kier alpha value is -3.33. The topological polar surface area (TPSA) is 115 Å². The van der Waals surface area contributed by atoms with Gasteiger partial charge in [0, 0.05) is 34.8 Å². The van der Waals surface area contributed by atoms with Crippen LogP contribution in [-0.4, -0.2) is 27.2 Å². The SMILES string of the molecule is CCCS(=O)(=O)Nc1ccc(NC(=O)CCc2c(C)c3ccc(OC)cc3oc2=O)cc1. The van der Waals surface area contributed by atoms with Crippen molar-refractivity contribution in [3.63, 3.8) is 0 Å². The van der Waals surface area contributed by atoms with Crippen molar-refractivity contribution >= 4 is 38.3 Å². The molecule has 0 spiro atoms. The molecule has 0 saturated carbocycles. The number of hydrogen-bond donors (Lipinski definition) is 2. The molecule has 170 valence electrons. The summed E-state index contributed by atoms with van der Waals surface area (Å²) < 4.78 is 36.7. The Kier molecular flexibility index (Phi) is 7.19. The Labute approximate surface area is 186 Å². The average molecular weight is 459 g/mol. The summed E-state index contributed by atoms with van der Waals surface area (Å²) in [6, 6.07) is 11.7. The van der Waals surface area contributed by atoms with Gasteiger partial charge in [-0.2, -0.15) is 0 Å². The Morgan fingerprint density at radius 3 is 2.44 bits per heavy atom. The van der Waals surface area contributed by atoms with E-state index in [0.717, 1.165) is 10.9 Å². The van der Waals surface area contributed by atoms with Crippen LogP contribution < -0.4 is 20.4 Å². The molecule has 0 saturated heterocycles. The van der Waals surface area contributed by atoms with Crippen LogP contribution in [0.4, 0.5) is 11.4 Å². The molecule has 0 unspecified atom stereocenters. The summed E-state index contributed by atoms with van der Waals surface area (Å²) in [6.07, 6.45) is 0.849. The van der Waals surface area contributed by atoms with Crippen LogP contribution >= 0.6 is 0 Å². The number of fused-ring (bicyclic) bond motifs is 1. The van der Waals surface area contributed by atoms with Crippen molar-refractivity contribution in [3.8, 4) is 5.75 Å². The molecule has 0 atom stereocenters. The van der Waals surface area contributed by atoms with Crippen LogP contribution in [0.3, 0.4) is 0 Å². The molecular formula is C23H26N2O6S. The number of aryl methyl sites for hydroxylation is 1. The molecule has 1 heterocycles. The summed E-state index contributed by atoms with van der Waals surface area (Å²) >= 11 is 0. The highest BCUT2D eigenvalue weighted by Crippen LogP contribution is 2.24. The molecule has 0 fully saturated rings. The Bertz CT molecular complexity index is 1280. The maximum atomic E-state index is 12.4. The van der Waals surface area contributed by atoms with Crippen LogP contribution in [0.1, 0.15) is 30.9 Å². The number of amides is 1. The van der Waals surface area contributed by atoms with E-state index in [1.54, 1.807) is 43.3 Å². The van der Waals surface area contributed by atoms with Crippen molar-refractivity contribution in [3.05, 3.63) is 64.0 Å². The number of benzene rings is 2. The van der Waals surface area contributed by atoms with Crippen LogP contribution in [-0.2, 0) is 21.2 Å². The van der Waals surface area contributed by atoms with Gasteiger partial charge in [-0.1, -0.05) is 6.92 Å². The highest BCUT2D eigenvalue weighted by Gasteiger charge is 2.14. The van der Waals surface area contributed by atoms with Crippen LogP contribution in [0.2, 0.25) is 0 Å². The highest BCUT2D eigenvalue weighted by molar-refractivity contribution is 7.92. The van der Waals surface area contributed by atoms with E-state index in [4.69, 9.17) is 9.15 Å². The second-order valence-electron chi connectivity index (χ2n) is 7.40. The van der Waals surface area contributed by atoms with Crippen LogP contribution in [0, 0.1) is 6.92 Å². The fourth-order valence-corrected chi connectivity index (χ4v) is 4.51. The zero-order valence-electron chi connectivity index (χ0n) is 18.2. The van der Waals surface area contributed by atoms with Gasteiger partial charge in [-0.05, 0) is 61.7 Å². The minimum atomic E-state index is -3.37. The second-order valence-corrected chi connectivity index (χ2v) is 9.24. The molecule has 32 heavy (non-hydrogen) atoms. The van der Waals surface area contributed by atoms with E-state index < -0.39 is 15.6 Å². The first-order chi connectivity index (χ1) is 15.2. The largest absolute Gasteiger partial charge is 0.497 e. The molecule has 8 nitrogen and oxygen atoms in total. The lowest BCUT2D eigenvalue weighted by molar-refractivity contribution is -0.116. The number of rotatable bonds is 9. The quantitative estimate of drug-likeness (QED) is 0.471. The molecule has 0 aliphatic rings. The lowest BCUT2D eigenvalue weighted by Gasteiger charge is -2.10. The maximum absolute atomic E-state index is 12.4. The summed E-state index contributed by atoms with van der Waals surface area (Å²) in [5.74, 6) is 0.371. The van der Waals surface area contributed by atoms with E-state index in [1.165, 1.54) is 7.11 Å². The lowest BCUT2D eigenvalue weighted by Crippen LogP contribution is -2.17. The minimum absolute atomic E-state index is 0.0429. The van der Waals surface area contributed by atoms with E-state index in [0.29, 0.717) is 34.7 Å². The van der Waals surface area contributed by atoms with E-state index >= 15 is 0 Å². The number of methoxy groups -OCH3 is 1. The Morgan fingerprint density at radius 1 is 1.09 bits per heavy atom. The maximum Gasteiger partial charge on any atom is 0.339 e. The normalized spacial score (nSPS) is 11.3. The fourth-order valence-electron chi connectivity index (χ4n) is 3.37. The van der Waals surface area contributed by atoms with Gasteiger partial charge < -0.3 is 14.5 Å². The minimum Gasteiger partial charge on any atom is -0.497 e. The predicted molar refractivity (Wildman–Crippen MR) is 125 cm³/mol. The number of anilines is 2. The molecule has 1 aromatic heterocycles. The lowest BCUT2D eigenvalue weighted by atomic mass is 10.0. The predicted octanol–water partition coefficient (Wildman–Crippen LogP) is 3.83. The summed E-state index contributed by atoms with van der Waals surface area (Å²) in [5, 5.41) is 3.55. The fraction of sp³-hybridized carbons (Fsp3) is 0.304. The number of sulfonamides is 1. The van der Waals surface area contributed by atoms with Crippen molar-refractivity contribution < 1.29 is 22.4 Å². The van der Waals surface area contributed by atoms with Crippen LogP contribution in [0.5, 0.6) is 5.75 Å². The number of nitrogens with one attached hydrogen (secondary N) is 2. The third kappa shape index (κ3) is 5.67. The standard InChI is InChI=1S/C23H26N2O6S/c1-4-13-32(28,29)25-17-7-5-16(6-8-17)24-22(26)12-11-20-15(2)19-10-9-18(30-3)14-21(19)31-23(20)27/h5-10,14,25H,4,11-13H2,1-3H3,(H,24,26). The van der Waals surface area contributed by atoms with E-state index in [2.05, 4.69) is 10.0 Å². The van der Waals surface area contributed by atoms with Crippen molar-refractivity contribution in [1.29, 1.82) is 0 Å². The van der Waals surface area contributed by atoms with Gasteiger partial charge in [0.2, 0.25) is 15.9 Å². The molecule has 1 amide bonds. The summed E-state index contributed by atoms with van der Waals surface area (Å²) in [4.78, 5) is 24.8. The molecule has 3 rings (SSSR count). The van der Waals surface area contributed by atoms with Gasteiger partial charge in [-0.15, -0.1) is 0 Å².